The first kappa shape index (κ1) is 14.1. The van der Waals surface area contributed by atoms with Crippen LogP contribution >= 0.6 is 23.8 Å². The maximum absolute atomic E-state index is 12.5. The van der Waals surface area contributed by atoms with Crippen LogP contribution in [0.25, 0.3) is 0 Å². The summed E-state index contributed by atoms with van der Waals surface area (Å²) in [5, 5.41) is 9.79. The molecule has 0 saturated carbocycles. The third kappa shape index (κ3) is 2.98. The van der Waals surface area contributed by atoms with E-state index in [9.17, 15) is 9.90 Å². The number of carbonyl (C=O) groups excluding carboxylic acids is 1. The Morgan fingerprint density at radius 1 is 1.47 bits per heavy atom. The molecule has 1 aliphatic rings. The monoisotopic (exact) mass is 298 g/mol. The van der Waals surface area contributed by atoms with Gasteiger partial charge in [0.05, 0.1) is 21.6 Å². The van der Waals surface area contributed by atoms with E-state index < -0.39 is 0 Å². The van der Waals surface area contributed by atoms with E-state index in [1.807, 2.05) is 0 Å². The van der Waals surface area contributed by atoms with Crippen molar-refractivity contribution in [2.45, 2.75) is 25.3 Å². The highest BCUT2D eigenvalue weighted by molar-refractivity contribution is 7.80. The van der Waals surface area contributed by atoms with Crippen molar-refractivity contribution in [1.29, 1.82) is 0 Å². The van der Waals surface area contributed by atoms with Gasteiger partial charge in [0.15, 0.2) is 0 Å². The lowest BCUT2D eigenvalue weighted by molar-refractivity contribution is 0.0681. The third-order valence-electron chi connectivity index (χ3n) is 3.27. The van der Waals surface area contributed by atoms with E-state index >= 15 is 0 Å². The van der Waals surface area contributed by atoms with E-state index in [4.69, 9.17) is 29.6 Å². The number of amides is 1. The van der Waals surface area contributed by atoms with Crippen molar-refractivity contribution >= 4 is 34.7 Å². The summed E-state index contributed by atoms with van der Waals surface area (Å²) in [6.45, 7) is 0.604. The molecule has 4 nitrogen and oxygen atoms in total. The summed E-state index contributed by atoms with van der Waals surface area (Å²) in [7, 11) is 0. The molecule has 1 fully saturated rings. The van der Waals surface area contributed by atoms with Crippen LogP contribution < -0.4 is 5.73 Å². The molecule has 0 aliphatic carbocycles. The lowest BCUT2D eigenvalue weighted by atomic mass is 10.0. The molecule has 2 rings (SSSR count). The molecule has 1 atom stereocenters. The van der Waals surface area contributed by atoms with Gasteiger partial charge in [-0.25, -0.2) is 0 Å². The minimum atomic E-state index is -0.238. The van der Waals surface area contributed by atoms with Crippen molar-refractivity contribution in [3.8, 4) is 5.75 Å². The highest BCUT2D eigenvalue weighted by atomic mass is 35.5. The van der Waals surface area contributed by atoms with Gasteiger partial charge in [0, 0.05) is 6.54 Å². The van der Waals surface area contributed by atoms with Crippen LogP contribution in [0.2, 0.25) is 5.02 Å². The molecule has 0 radical (unpaired) electrons. The number of halogens is 1. The first-order chi connectivity index (χ1) is 9.00. The van der Waals surface area contributed by atoms with Crippen LogP contribution in [0.1, 0.15) is 29.6 Å². The summed E-state index contributed by atoms with van der Waals surface area (Å²) in [5.74, 6) is -0.227. The number of hydrogen-bond acceptors (Lipinski definition) is 3. The summed E-state index contributed by atoms with van der Waals surface area (Å²) in [4.78, 5) is 14.5. The van der Waals surface area contributed by atoms with Crippen LogP contribution in [-0.4, -0.2) is 33.5 Å². The number of phenols is 1. The van der Waals surface area contributed by atoms with Crippen LogP contribution in [0.15, 0.2) is 18.2 Å². The van der Waals surface area contributed by atoms with Gasteiger partial charge in [0.1, 0.15) is 5.75 Å². The van der Waals surface area contributed by atoms with Crippen LogP contribution in [0.3, 0.4) is 0 Å². The molecule has 0 aromatic heterocycles. The van der Waals surface area contributed by atoms with Crippen molar-refractivity contribution in [2.75, 3.05) is 6.54 Å². The van der Waals surface area contributed by atoms with Gasteiger partial charge >= 0.3 is 0 Å². The zero-order valence-corrected chi connectivity index (χ0v) is 11.9. The second-order valence-corrected chi connectivity index (χ2v) is 5.46. The van der Waals surface area contributed by atoms with Crippen LogP contribution in [0, 0.1) is 0 Å². The lowest BCUT2D eigenvalue weighted by Gasteiger charge is -2.35. The molecular weight excluding hydrogens is 284 g/mol. The summed E-state index contributed by atoms with van der Waals surface area (Å²) in [5.41, 5.74) is 5.98. The van der Waals surface area contributed by atoms with Gasteiger partial charge in [-0.15, -0.1) is 0 Å². The molecule has 0 spiro atoms. The minimum Gasteiger partial charge on any atom is -0.508 e. The summed E-state index contributed by atoms with van der Waals surface area (Å²) in [6, 6.07) is 4.09. The molecule has 102 valence electrons. The molecule has 0 bridgehead atoms. The molecule has 3 N–H and O–H groups in total. The molecule has 1 aromatic rings. The fraction of sp³-hybridized carbons (Fsp3) is 0.385. The van der Waals surface area contributed by atoms with Gasteiger partial charge in [0.25, 0.3) is 5.91 Å². The average Bonchev–Trinajstić information content (AvgIpc) is 2.40. The largest absolute Gasteiger partial charge is 0.508 e. The zero-order chi connectivity index (χ0) is 14.0. The maximum atomic E-state index is 12.5. The second kappa shape index (κ2) is 5.75. The topological polar surface area (TPSA) is 66.6 Å². The van der Waals surface area contributed by atoms with E-state index in [1.54, 1.807) is 4.90 Å². The van der Waals surface area contributed by atoms with Crippen molar-refractivity contribution < 1.29 is 9.90 Å². The number of nitrogens with zero attached hydrogens (tertiary/aromatic N) is 1. The Morgan fingerprint density at radius 2 is 2.21 bits per heavy atom. The molecular formula is C13H15ClN2O2S. The van der Waals surface area contributed by atoms with Crippen LogP contribution in [0.4, 0.5) is 0 Å². The second-order valence-electron chi connectivity index (χ2n) is 4.58. The zero-order valence-electron chi connectivity index (χ0n) is 10.3. The molecule has 1 unspecified atom stereocenters. The maximum Gasteiger partial charge on any atom is 0.256 e. The number of hydrogen-bond donors (Lipinski definition) is 2. The summed E-state index contributed by atoms with van der Waals surface area (Å²) >= 11 is 11.0. The standard InChI is InChI=1S/C13H15ClN2O2S/c14-10-5-4-8(17)7-9(10)13(18)16-6-2-1-3-11(16)12(15)19/h4-5,7,11,17H,1-3,6H2,(H2,15,19). The molecule has 1 aromatic carbocycles. The lowest BCUT2D eigenvalue weighted by Crippen LogP contribution is -2.49. The van der Waals surface area contributed by atoms with E-state index in [-0.39, 0.29) is 23.3 Å². The van der Waals surface area contributed by atoms with Gasteiger partial charge in [-0.3, -0.25) is 4.79 Å². The van der Waals surface area contributed by atoms with E-state index in [0.29, 0.717) is 16.6 Å². The Labute approximate surface area is 122 Å². The molecule has 6 heteroatoms. The normalized spacial score (nSPS) is 19.2. The highest BCUT2D eigenvalue weighted by Gasteiger charge is 2.30. The predicted molar refractivity (Wildman–Crippen MR) is 78.6 cm³/mol. The molecule has 19 heavy (non-hydrogen) atoms. The number of thiocarbonyl (C=S) groups is 1. The Balaban J connectivity index is 2.31. The number of rotatable bonds is 2. The van der Waals surface area contributed by atoms with E-state index in [0.717, 1.165) is 19.3 Å². The van der Waals surface area contributed by atoms with Crippen molar-refractivity contribution in [2.24, 2.45) is 5.73 Å². The number of carbonyl (C=O) groups is 1. The van der Waals surface area contributed by atoms with Crippen LogP contribution in [0.5, 0.6) is 5.75 Å². The van der Waals surface area contributed by atoms with Crippen molar-refractivity contribution in [1.82, 2.24) is 4.90 Å². The van der Waals surface area contributed by atoms with Gasteiger partial charge < -0.3 is 15.7 Å². The predicted octanol–water partition coefficient (Wildman–Crippen LogP) is 2.33. The smallest absolute Gasteiger partial charge is 0.256 e. The van der Waals surface area contributed by atoms with Crippen LogP contribution in [-0.2, 0) is 0 Å². The summed E-state index contributed by atoms with van der Waals surface area (Å²) in [6.07, 6.45) is 2.69. The fourth-order valence-electron chi connectivity index (χ4n) is 2.30. The van der Waals surface area contributed by atoms with E-state index in [2.05, 4.69) is 0 Å². The van der Waals surface area contributed by atoms with E-state index in [1.165, 1.54) is 18.2 Å². The number of benzene rings is 1. The molecule has 1 aliphatic heterocycles. The molecule has 1 saturated heterocycles. The number of aromatic hydroxyl groups is 1. The first-order valence-electron chi connectivity index (χ1n) is 6.09. The van der Waals surface area contributed by atoms with Gasteiger partial charge in [-0.1, -0.05) is 23.8 Å². The van der Waals surface area contributed by atoms with Gasteiger partial charge in [0.2, 0.25) is 0 Å². The quantitative estimate of drug-likeness (QED) is 0.822. The average molecular weight is 299 g/mol. The Hall–Kier alpha value is -1.33. The van der Waals surface area contributed by atoms with Crippen molar-refractivity contribution in [3.05, 3.63) is 28.8 Å². The first-order valence-corrected chi connectivity index (χ1v) is 6.88. The number of likely N-dealkylation sites (tertiary alicyclic amines) is 1. The number of piperidine rings is 1. The highest BCUT2D eigenvalue weighted by Crippen LogP contribution is 2.26. The van der Waals surface area contributed by atoms with Gasteiger partial charge in [-0.05, 0) is 37.5 Å². The fourth-order valence-corrected chi connectivity index (χ4v) is 2.75. The Kier molecular flexibility index (Phi) is 4.27. The molecule has 1 amide bonds. The number of phenolic OH excluding ortho intramolecular Hbond substituents is 1. The number of nitrogens with two attached hydrogens (primary N) is 1. The molecule has 1 heterocycles. The van der Waals surface area contributed by atoms with Crippen molar-refractivity contribution in [3.63, 3.8) is 0 Å². The Bertz CT molecular complexity index is 521. The Morgan fingerprint density at radius 3 is 2.89 bits per heavy atom. The van der Waals surface area contributed by atoms with Gasteiger partial charge in [-0.2, -0.15) is 0 Å². The third-order valence-corrected chi connectivity index (χ3v) is 3.87. The minimum absolute atomic E-state index is 0.0108. The summed E-state index contributed by atoms with van der Waals surface area (Å²) < 4.78 is 0. The SMILES string of the molecule is NC(=S)C1CCCCN1C(=O)c1cc(O)ccc1Cl.